The number of hydrogen-bond donors (Lipinski definition) is 0. The normalized spacial score (nSPS) is 11.9. The first kappa shape index (κ1) is 31.7. The Kier molecular flexibility index (Phi) is 6.93. The fourth-order valence-electron chi connectivity index (χ4n) is 9.34. The van der Waals surface area contributed by atoms with Crippen LogP contribution in [0.3, 0.4) is 0 Å². The van der Waals surface area contributed by atoms with Crippen LogP contribution in [0.5, 0.6) is 0 Å². The molecule has 0 aliphatic rings. The monoisotopic (exact) mass is 725 g/mol. The van der Waals surface area contributed by atoms with E-state index in [1.54, 1.807) is 0 Å². The van der Waals surface area contributed by atoms with E-state index in [9.17, 15) is 0 Å². The summed E-state index contributed by atoms with van der Waals surface area (Å²) < 4.78 is 7.23. The largest absolute Gasteiger partial charge is 0.309 e. The fourth-order valence-corrected chi connectivity index (χ4v) is 9.34. The molecule has 0 atom stereocenters. The van der Waals surface area contributed by atoms with Crippen molar-refractivity contribution in [2.24, 2.45) is 0 Å². The first-order valence-corrected chi connectivity index (χ1v) is 19.6. The van der Waals surface area contributed by atoms with Crippen molar-refractivity contribution in [1.82, 2.24) is 13.7 Å². The number of para-hydroxylation sites is 5. The van der Waals surface area contributed by atoms with Crippen LogP contribution in [-0.4, -0.2) is 13.7 Å². The van der Waals surface area contributed by atoms with Gasteiger partial charge in [-0.1, -0.05) is 127 Å². The summed E-state index contributed by atoms with van der Waals surface area (Å²) in [5.74, 6) is 0. The molecule has 0 radical (unpaired) electrons. The highest BCUT2D eigenvalue weighted by Crippen LogP contribution is 2.43. The molecule has 0 saturated carbocycles. The highest BCUT2D eigenvalue weighted by Gasteiger charge is 2.20. The van der Waals surface area contributed by atoms with Gasteiger partial charge < -0.3 is 13.7 Å². The third-order valence-corrected chi connectivity index (χ3v) is 11.8. The smallest absolute Gasteiger partial charge is 0.0547 e. The molecular weight excluding hydrogens is 691 g/mol. The van der Waals surface area contributed by atoms with Gasteiger partial charge in [0.2, 0.25) is 0 Å². The van der Waals surface area contributed by atoms with Gasteiger partial charge in [-0.2, -0.15) is 0 Å². The van der Waals surface area contributed by atoms with Crippen molar-refractivity contribution in [3.05, 3.63) is 212 Å². The van der Waals surface area contributed by atoms with Gasteiger partial charge in [-0.3, -0.25) is 0 Å². The Morgan fingerprint density at radius 3 is 1.19 bits per heavy atom. The summed E-state index contributed by atoms with van der Waals surface area (Å²) in [6.07, 6.45) is 0. The Labute approximate surface area is 329 Å². The summed E-state index contributed by atoms with van der Waals surface area (Å²) >= 11 is 0. The van der Waals surface area contributed by atoms with Crippen LogP contribution in [0.25, 0.3) is 105 Å². The first-order valence-electron chi connectivity index (χ1n) is 19.6. The average molecular weight is 726 g/mol. The fraction of sp³-hybridized carbons (Fsp3) is 0. The molecule has 0 N–H and O–H groups in total. The zero-order valence-corrected chi connectivity index (χ0v) is 31.0. The van der Waals surface area contributed by atoms with Gasteiger partial charge in [0.25, 0.3) is 0 Å². The third kappa shape index (κ3) is 4.79. The summed E-state index contributed by atoms with van der Waals surface area (Å²) in [7, 11) is 0. The van der Waals surface area contributed by atoms with Crippen LogP contribution in [-0.2, 0) is 0 Å². The second-order valence-corrected chi connectivity index (χ2v) is 14.9. The van der Waals surface area contributed by atoms with Crippen molar-refractivity contribution >= 4 is 65.4 Å². The maximum absolute atomic E-state index is 2.44. The van der Waals surface area contributed by atoms with Crippen molar-refractivity contribution in [3.8, 4) is 39.3 Å². The molecular formula is C54H35N3. The molecule has 0 fully saturated rings. The molecule has 0 bridgehead atoms. The second-order valence-electron chi connectivity index (χ2n) is 14.9. The van der Waals surface area contributed by atoms with Crippen LogP contribution in [0.4, 0.5) is 0 Å². The molecule has 266 valence electrons. The number of rotatable bonds is 5. The summed E-state index contributed by atoms with van der Waals surface area (Å²) in [5.41, 5.74) is 15.5. The van der Waals surface area contributed by atoms with Crippen molar-refractivity contribution in [2.75, 3.05) is 0 Å². The molecule has 0 saturated heterocycles. The van der Waals surface area contributed by atoms with Crippen LogP contribution in [0.15, 0.2) is 212 Å². The standard InChI is InChI=1S/C54H35N3/c1-4-16-36(17-5-1)45-35-54-48(43-24-12-14-26-50(43)56(54)39-20-8-3-9-21-39)34-44(45)37-28-30-52-46(32-37)41-22-10-15-27-51(41)57(52)40-29-31-53-47(33-40)42-23-11-13-25-49(42)55(53)38-18-6-2-7-19-38/h1-35H. The topological polar surface area (TPSA) is 14.8 Å². The van der Waals surface area contributed by atoms with E-state index in [4.69, 9.17) is 0 Å². The maximum atomic E-state index is 2.44. The van der Waals surface area contributed by atoms with Crippen LogP contribution < -0.4 is 0 Å². The Morgan fingerprint density at radius 1 is 0.211 bits per heavy atom. The summed E-state index contributed by atoms with van der Waals surface area (Å²) in [5, 5.41) is 7.46. The molecule has 3 nitrogen and oxygen atoms in total. The van der Waals surface area contributed by atoms with Crippen LogP contribution in [0.2, 0.25) is 0 Å². The van der Waals surface area contributed by atoms with Gasteiger partial charge in [0.05, 0.1) is 33.1 Å². The van der Waals surface area contributed by atoms with E-state index in [2.05, 4.69) is 226 Å². The second kappa shape index (κ2) is 12.5. The van der Waals surface area contributed by atoms with E-state index in [-0.39, 0.29) is 0 Å². The highest BCUT2D eigenvalue weighted by molar-refractivity contribution is 6.15. The first-order chi connectivity index (χ1) is 28.3. The summed E-state index contributed by atoms with van der Waals surface area (Å²) in [4.78, 5) is 0. The molecule has 3 heterocycles. The Bertz CT molecular complexity index is 3500. The molecule has 57 heavy (non-hydrogen) atoms. The molecule has 3 heteroatoms. The maximum Gasteiger partial charge on any atom is 0.0547 e. The van der Waals surface area contributed by atoms with Crippen LogP contribution in [0.1, 0.15) is 0 Å². The average Bonchev–Trinajstić information content (AvgIpc) is 3.92. The summed E-state index contributed by atoms with van der Waals surface area (Å²) in [6.45, 7) is 0. The number of fused-ring (bicyclic) bond motifs is 9. The molecule has 9 aromatic carbocycles. The Balaban J connectivity index is 1.10. The van der Waals surface area contributed by atoms with Gasteiger partial charge in [-0.25, -0.2) is 0 Å². The van der Waals surface area contributed by atoms with Crippen molar-refractivity contribution in [3.63, 3.8) is 0 Å². The molecule has 0 aliphatic carbocycles. The number of aromatic nitrogens is 3. The summed E-state index contributed by atoms with van der Waals surface area (Å²) in [6, 6.07) is 77.5. The minimum absolute atomic E-state index is 1.15. The van der Waals surface area contributed by atoms with Gasteiger partial charge >= 0.3 is 0 Å². The highest BCUT2D eigenvalue weighted by atomic mass is 15.0. The van der Waals surface area contributed by atoms with E-state index in [0.29, 0.717) is 0 Å². The third-order valence-electron chi connectivity index (χ3n) is 11.8. The lowest BCUT2D eigenvalue weighted by molar-refractivity contribution is 1.17. The van der Waals surface area contributed by atoms with Gasteiger partial charge in [0.1, 0.15) is 0 Å². The van der Waals surface area contributed by atoms with E-state index in [1.165, 1.54) is 93.4 Å². The van der Waals surface area contributed by atoms with Gasteiger partial charge in [0, 0.05) is 49.4 Å². The molecule has 3 aromatic heterocycles. The predicted octanol–water partition coefficient (Wildman–Crippen LogP) is 14.3. The van der Waals surface area contributed by atoms with Gasteiger partial charge in [-0.05, 0) is 107 Å². The van der Waals surface area contributed by atoms with Gasteiger partial charge in [-0.15, -0.1) is 0 Å². The SMILES string of the molecule is c1ccc(-c2cc3c(cc2-c2ccc4c(c2)c2ccccc2n4-c2ccc4c(c2)c2ccccc2n4-c2ccccc2)c2ccccc2n3-c2ccccc2)cc1. The molecule has 12 rings (SSSR count). The number of hydrogen-bond acceptors (Lipinski definition) is 0. The van der Waals surface area contributed by atoms with E-state index in [1.807, 2.05) is 0 Å². The number of nitrogens with zero attached hydrogens (tertiary/aromatic N) is 3. The predicted molar refractivity (Wildman–Crippen MR) is 240 cm³/mol. The minimum atomic E-state index is 1.15. The Morgan fingerprint density at radius 2 is 0.614 bits per heavy atom. The van der Waals surface area contributed by atoms with Crippen molar-refractivity contribution < 1.29 is 0 Å². The van der Waals surface area contributed by atoms with Gasteiger partial charge in [0.15, 0.2) is 0 Å². The minimum Gasteiger partial charge on any atom is -0.309 e. The van der Waals surface area contributed by atoms with E-state index in [0.717, 1.165) is 11.4 Å². The lowest BCUT2D eigenvalue weighted by Crippen LogP contribution is -1.96. The zero-order valence-electron chi connectivity index (χ0n) is 31.0. The quantitative estimate of drug-likeness (QED) is 0.168. The lowest BCUT2D eigenvalue weighted by Gasteiger charge is -2.14. The van der Waals surface area contributed by atoms with Crippen LogP contribution in [0, 0.1) is 0 Å². The molecule has 0 amide bonds. The molecule has 0 unspecified atom stereocenters. The lowest BCUT2D eigenvalue weighted by atomic mass is 9.92. The van der Waals surface area contributed by atoms with Crippen molar-refractivity contribution in [2.45, 2.75) is 0 Å². The van der Waals surface area contributed by atoms with Crippen molar-refractivity contribution in [1.29, 1.82) is 0 Å². The molecule has 0 spiro atoms. The molecule has 0 aliphatic heterocycles. The number of benzene rings is 9. The zero-order chi connectivity index (χ0) is 37.5. The van der Waals surface area contributed by atoms with Crippen LogP contribution >= 0.6 is 0 Å². The van der Waals surface area contributed by atoms with E-state index < -0.39 is 0 Å². The Hall–Kier alpha value is -7.62. The molecule has 12 aromatic rings. The van der Waals surface area contributed by atoms with E-state index >= 15 is 0 Å².